The highest BCUT2D eigenvalue weighted by atomic mass is 16.5. The number of ether oxygens (including phenoxy) is 1. The van der Waals surface area contributed by atoms with Crippen LogP contribution in [-0.4, -0.2) is 12.1 Å². The molecule has 0 amide bonds. The van der Waals surface area contributed by atoms with Crippen molar-refractivity contribution in [3.05, 3.63) is 23.8 Å². The summed E-state index contributed by atoms with van der Waals surface area (Å²) in [5.74, 6) is 5.41. The molecule has 0 radical (unpaired) electrons. The number of esters is 1. The molecule has 3 fully saturated rings. The third-order valence-electron chi connectivity index (χ3n) is 11.1. The fourth-order valence-corrected chi connectivity index (χ4v) is 9.15. The van der Waals surface area contributed by atoms with Gasteiger partial charge in [-0.25, -0.2) is 0 Å². The predicted molar refractivity (Wildman–Crippen MR) is 138 cm³/mol. The predicted octanol–water partition coefficient (Wildman–Crippen LogP) is 8.37. The van der Waals surface area contributed by atoms with Crippen LogP contribution in [0.15, 0.2) is 23.8 Å². The Balaban J connectivity index is 1.49. The molecule has 0 heterocycles. The molecule has 2 nitrogen and oxygen atoms in total. The summed E-state index contributed by atoms with van der Waals surface area (Å²) in [5.41, 5.74) is 2.44. The van der Waals surface area contributed by atoms with Gasteiger partial charge in [0.2, 0.25) is 0 Å². The molecule has 0 N–H and O–H groups in total. The van der Waals surface area contributed by atoms with Crippen molar-refractivity contribution in [3.63, 3.8) is 0 Å². The van der Waals surface area contributed by atoms with Crippen molar-refractivity contribution in [1.82, 2.24) is 0 Å². The first-order valence-corrected chi connectivity index (χ1v) is 14.1. The van der Waals surface area contributed by atoms with Gasteiger partial charge in [0.15, 0.2) is 0 Å². The summed E-state index contributed by atoms with van der Waals surface area (Å²) in [6.07, 6.45) is 19.2. The largest absolute Gasteiger partial charge is 0.462 e. The van der Waals surface area contributed by atoms with Crippen LogP contribution >= 0.6 is 0 Å². The SMILES string of the molecule is CCC(/C=C/C(C)C1CCC2C3CC=C4CC(OC(C)=O)CC[C@]4(C)C3CC[C@]12C)C(C)C. The third-order valence-corrected chi connectivity index (χ3v) is 11.1. The first kappa shape index (κ1) is 25.1. The molecule has 0 aromatic rings. The Morgan fingerprint density at radius 2 is 1.85 bits per heavy atom. The van der Waals surface area contributed by atoms with Crippen molar-refractivity contribution >= 4 is 5.97 Å². The number of rotatable bonds is 6. The van der Waals surface area contributed by atoms with E-state index in [4.69, 9.17) is 4.74 Å². The molecule has 4 aliphatic rings. The van der Waals surface area contributed by atoms with E-state index in [0.29, 0.717) is 16.7 Å². The summed E-state index contributed by atoms with van der Waals surface area (Å²) in [4.78, 5) is 11.5. The van der Waals surface area contributed by atoms with Gasteiger partial charge < -0.3 is 4.74 Å². The summed E-state index contributed by atoms with van der Waals surface area (Å²) in [6, 6.07) is 0. The molecule has 3 saturated carbocycles. The van der Waals surface area contributed by atoms with Gasteiger partial charge in [0.1, 0.15) is 6.10 Å². The number of allylic oxidation sites excluding steroid dienone is 3. The summed E-state index contributed by atoms with van der Waals surface area (Å²) >= 11 is 0. The second-order valence-corrected chi connectivity index (χ2v) is 13.0. The van der Waals surface area contributed by atoms with E-state index >= 15 is 0 Å². The van der Waals surface area contributed by atoms with E-state index in [-0.39, 0.29) is 12.1 Å². The Morgan fingerprint density at radius 1 is 1.09 bits per heavy atom. The van der Waals surface area contributed by atoms with Crippen LogP contribution in [0, 0.1) is 52.3 Å². The van der Waals surface area contributed by atoms with E-state index in [1.807, 2.05) is 0 Å². The lowest BCUT2D eigenvalue weighted by atomic mass is 9.47. The van der Waals surface area contributed by atoms with Crippen molar-refractivity contribution in [2.24, 2.45) is 52.3 Å². The topological polar surface area (TPSA) is 26.3 Å². The van der Waals surface area contributed by atoms with E-state index < -0.39 is 0 Å². The second-order valence-electron chi connectivity index (χ2n) is 13.0. The molecule has 0 aromatic carbocycles. The Morgan fingerprint density at radius 3 is 2.52 bits per heavy atom. The van der Waals surface area contributed by atoms with Crippen LogP contribution in [0.1, 0.15) is 106 Å². The van der Waals surface area contributed by atoms with Gasteiger partial charge in [-0.2, -0.15) is 0 Å². The summed E-state index contributed by atoms with van der Waals surface area (Å²) < 4.78 is 5.62. The maximum absolute atomic E-state index is 11.5. The zero-order chi connectivity index (χ0) is 24.0. The number of hydrogen-bond acceptors (Lipinski definition) is 2. The van der Waals surface area contributed by atoms with Crippen molar-refractivity contribution in [3.8, 4) is 0 Å². The van der Waals surface area contributed by atoms with Gasteiger partial charge in [-0.15, -0.1) is 0 Å². The van der Waals surface area contributed by atoms with E-state index in [1.54, 1.807) is 12.5 Å². The van der Waals surface area contributed by atoms with Gasteiger partial charge in [0.25, 0.3) is 0 Å². The van der Waals surface area contributed by atoms with Gasteiger partial charge in [0.05, 0.1) is 0 Å². The molecule has 9 atom stereocenters. The Bertz CT molecular complexity index is 778. The quantitative estimate of drug-likeness (QED) is 0.297. The minimum atomic E-state index is -0.120. The highest BCUT2D eigenvalue weighted by Gasteiger charge is 2.59. The lowest BCUT2D eigenvalue weighted by Gasteiger charge is -2.58. The molecule has 4 rings (SSSR count). The molecule has 0 bridgehead atoms. The second kappa shape index (κ2) is 9.54. The molecule has 186 valence electrons. The molecular weight excluding hydrogens is 404 g/mol. The summed E-state index contributed by atoms with van der Waals surface area (Å²) in [6.45, 7) is 16.3. The number of fused-ring (bicyclic) bond motifs is 5. The Hall–Kier alpha value is -1.05. The summed E-state index contributed by atoms with van der Waals surface area (Å²) in [5, 5.41) is 0. The van der Waals surface area contributed by atoms with Gasteiger partial charge >= 0.3 is 5.97 Å². The van der Waals surface area contributed by atoms with Crippen molar-refractivity contribution in [2.75, 3.05) is 0 Å². The number of hydrogen-bond donors (Lipinski definition) is 0. The first-order chi connectivity index (χ1) is 15.6. The Kier molecular flexibility index (Phi) is 7.24. The van der Waals surface area contributed by atoms with E-state index in [1.165, 1.54) is 44.9 Å². The highest BCUT2D eigenvalue weighted by molar-refractivity contribution is 5.66. The van der Waals surface area contributed by atoms with E-state index in [9.17, 15) is 4.79 Å². The number of carbonyl (C=O) groups excluding carboxylic acids is 1. The van der Waals surface area contributed by atoms with Crippen LogP contribution < -0.4 is 0 Å². The average molecular weight is 455 g/mol. The molecule has 7 unspecified atom stereocenters. The lowest BCUT2D eigenvalue weighted by Crippen LogP contribution is -2.51. The molecule has 0 saturated heterocycles. The van der Waals surface area contributed by atoms with Gasteiger partial charge in [-0.1, -0.05) is 65.3 Å². The number of carbonyl (C=O) groups is 1. The van der Waals surface area contributed by atoms with Crippen LogP contribution in [0.4, 0.5) is 0 Å². The van der Waals surface area contributed by atoms with Crippen molar-refractivity contribution < 1.29 is 9.53 Å². The Labute approximate surface area is 204 Å². The van der Waals surface area contributed by atoms with Crippen molar-refractivity contribution in [2.45, 2.75) is 112 Å². The fourth-order valence-electron chi connectivity index (χ4n) is 9.15. The fraction of sp³-hybridized carbons (Fsp3) is 0.839. The van der Waals surface area contributed by atoms with Crippen LogP contribution in [0.3, 0.4) is 0 Å². The first-order valence-electron chi connectivity index (χ1n) is 14.1. The van der Waals surface area contributed by atoms with Crippen molar-refractivity contribution in [1.29, 1.82) is 0 Å². The maximum Gasteiger partial charge on any atom is 0.302 e. The highest BCUT2D eigenvalue weighted by Crippen LogP contribution is 2.67. The zero-order valence-corrected chi connectivity index (χ0v) is 22.5. The zero-order valence-electron chi connectivity index (χ0n) is 22.5. The van der Waals surface area contributed by atoms with Crippen LogP contribution in [0.25, 0.3) is 0 Å². The molecule has 4 aliphatic carbocycles. The minimum Gasteiger partial charge on any atom is -0.462 e. The van der Waals surface area contributed by atoms with Crippen LogP contribution in [0.5, 0.6) is 0 Å². The minimum absolute atomic E-state index is 0.105. The van der Waals surface area contributed by atoms with Crippen LogP contribution in [-0.2, 0) is 9.53 Å². The van der Waals surface area contributed by atoms with Gasteiger partial charge in [-0.05, 0) is 104 Å². The van der Waals surface area contributed by atoms with E-state index in [2.05, 4.69) is 59.8 Å². The molecule has 33 heavy (non-hydrogen) atoms. The smallest absolute Gasteiger partial charge is 0.302 e. The van der Waals surface area contributed by atoms with Gasteiger partial charge in [0, 0.05) is 13.3 Å². The third kappa shape index (κ3) is 4.50. The van der Waals surface area contributed by atoms with E-state index in [0.717, 1.165) is 48.3 Å². The van der Waals surface area contributed by atoms with Crippen LogP contribution in [0.2, 0.25) is 0 Å². The average Bonchev–Trinajstić information content (AvgIpc) is 3.11. The standard InChI is InChI=1S/C31H50O2/c1-8-23(20(2)3)10-9-21(4)27-13-14-28-26-12-11-24-19-25(33-22(5)32)15-17-30(24,6)29(26)16-18-31(27,28)7/h9-11,20-21,23,25-29H,8,12-19H2,1-7H3/b10-9+/t21?,23?,25?,26?,27?,28?,29?,30-,31+/m0/s1. The summed E-state index contributed by atoms with van der Waals surface area (Å²) in [7, 11) is 0. The maximum atomic E-state index is 11.5. The molecule has 0 aromatic heterocycles. The monoisotopic (exact) mass is 454 g/mol. The molecule has 0 aliphatic heterocycles. The lowest BCUT2D eigenvalue weighted by molar-refractivity contribution is -0.148. The molecular formula is C31H50O2. The van der Waals surface area contributed by atoms with Gasteiger partial charge in [-0.3, -0.25) is 4.79 Å². The molecule has 2 heteroatoms. The normalized spacial score (nSPS) is 42.3. The molecule has 0 spiro atoms.